The van der Waals surface area contributed by atoms with E-state index >= 15 is 0 Å². The number of carboxylic acid groups (broad SMARTS) is 1. The van der Waals surface area contributed by atoms with Crippen LogP contribution in [0.5, 0.6) is 5.75 Å². The third kappa shape index (κ3) is 5.57. The van der Waals surface area contributed by atoms with Gasteiger partial charge in [-0.3, -0.25) is 10.2 Å². The zero-order chi connectivity index (χ0) is 19.2. The van der Waals surface area contributed by atoms with Gasteiger partial charge in [-0.15, -0.1) is 0 Å². The van der Waals surface area contributed by atoms with Crippen LogP contribution in [-0.2, 0) is 21.2 Å². The van der Waals surface area contributed by atoms with Gasteiger partial charge in [0.15, 0.2) is 0 Å². The Labute approximate surface area is 151 Å². The molecule has 0 saturated carbocycles. The Morgan fingerprint density at radius 3 is 2.27 bits per heavy atom. The number of benzene rings is 2. The molecule has 26 heavy (non-hydrogen) atoms. The second-order valence-corrected chi connectivity index (χ2v) is 7.17. The van der Waals surface area contributed by atoms with Crippen molar-refractivity contribution in [3.05, 3.63) is 59.7 Å². The second-order valence-electron chi connectivity index (χ2n) is 5.40. The summed E-state index contributed by atoms with van der Waals surface area (Å²) in [5.41, 5.74) is 6.43. The van der Waals surface area contributed by atoms with E-state index in [1.165, 1.54) is 24.3 Å². The molecule has 0 bridgehead atoms. The number of nitrogens with two attached hydrogens (primary N) is 1. The normalized spacial score (nSPS) is 11.1. The lowest BCUT2D eigenvalue weighted by Crippen LogP contribution is -2.28. The number of rotatable bonds is 9. The zero-order valence-electron chi connectivity index (χ0n) is 13.8. The summed E-state index contributed by atoms with van der Waals surface area (Å²) < 4.78 is 32.2. The average Bonchev–Trinajstić information content (AvgIpc) is 2.60. The number of nitrogen functional groups attached to an aromatic ring is 1. The third-order valence-corrected chi connectivity index (χ3v) is 4.89. The Bertz CT molecular complexity index is 878. The lowest BCUT2D eigenvalue weighted by molar-refractivity contribution is -0.136. The van der Waals surface area contributed by atoms with Gasteiger partial charge in [0.05, 0.1) is 11.3 Å². The van der Waals surface area contributed by atoms with Gasteiger partial charge in [0, 0.05) is 12.1 Å². The predicted octanol–water partition coefficient (Wildman–Crippen LogP) is 0.955. The first-order chi connectivity index (χ1) is 12.3. The number of carboxylic acids is 1. The smallest absolute Gasteiger partial charge is 0.307 e. The molecule has 138 valence electrons. The highest BCUT2D eigenvalue weighted by Gasteiger charge is 2.13. The predicted molar refractivity (Wildman–Crippen MR) is 95.9 cm³/mol. The molecule has 0 unspecified atom stereocenters. The van der Waals surface area contributed by atoms with Gasteiger partial charge in [-0.25, -0.2) is 13.1 Å². The highest BCUT2D eigenvalue weighted by atomic mass is 32.2. The molecule has 0 atom stereocenters. The number of sulfonamides is 1. The highest BCUT2D eigenvalue weighted by Crippen LogP contribution is 2.13. The maximum absolute atomic E-state index is 12.2. The first-order valence-corrected chi connectivity index (χ1v) is 9.14. The molecule has 0 aliphatic carbocycles. The van der Waals surface area contributed by atoms with Gasteiger partial charge < -0.3 is 15.6 Å². The number of carbonyl (C=O) groups is 1. The van der Waals surface area contributed by atoms with Gasteiger partial charge in [0.25, 0.3) is 0 Å². The first kappa shape index (κ1) is 19.4. The number of hydrogen-bond donors (Lipinski definition) is 4. The van der Waals surface area contributed by atoms with Gasteiger partial charge in [0.1, 0.15) is 18.2 Å². The summed E-state index contributed by atoms with van der Waals surface area (Å²) in [7, 11) is -3.68. The molecule has 0 aromatic heterocycles. The molecule has 2 aromatic carbocycles. The maximum Gasteiger partial charge on any atom is 0.307 e. The molecule has 0 heterocycles. The lowest BCUT2D eigenvalue weighted by atomic mass is 10.1. The molecule has 5 N–H and O–H groups in total. The van der Waals surface area contributed by atoms with Gasteiger partial charge in [-0.2, -0.15) is 0 Å². The molecule has 0 amide bonds. The lowest BCUT2D eigenvalue weighted by Gasteiger charge is -2.09. The summed E-state index contributed by atoms with van der Waals surface area (Å²) in [6, 6.07) is 12.2. The van der Waals surface area contributed by atoms with Crippen LogP contribution < -0.4 is 15.2 Å². The summed E-state index contributed by atoms with van der Waals surface area (Å²) in [4.78, 5) is 10.7. The van der Waals surface area contributed by atoms with Crippen LogP contribution in [0.25, 0.3) is 0 Å². The fraction of sp³-hybridized carbons (Fsp3) is 0.176. The number of nitrogens with one attached hydrogen (secondary N) is 2. The molecule has 2 aromatic rings. The van der Waals surface area contributed by atoms with Crippen molar-refractivity contribution in [1.29, 1.82) is 5.41 Å². The van der Waals surface area contributed by atoms with Crippen LogP contribution in [0.1, 0.15) is 11.1 Å². The van der Waals surface area contributed by atoms with Crippen LogP contribution >= 0.6 is 0 Å². The van der Waals surface area contributed by atoms with Crippen LogP contribution in [0.15, 0.2) is 53.4 Å². The van der Waals surface area contributed by atoms with Gasteiger partial charge in [0.2, 0.25) is 10.0 Å². The van der Waals surface area contributed by atoms with Crippen molar-refractivity contribution < 1.29 is 23.1 Å². The largest absolute Gasteiger partial charge is 0.492 e. The Morgan fingerprint density at radius 2 is 1.73 bits per heavy atom. The molecule has 0 fully saturated rings. The summed E-state index contributed by atoms with van der Waals surface area (Å²) in [5.74, 6) is -0.529. The van der Waals surface area contributed by atoms with E-state index in [4.69, 9.17) is 21.0 Å². The first-order valence-electron chi connectivity index (χ1n) is 7.65. The fourth-order valence-corrected chi connectivity index (χ4v) is 3.13. The van der Waals surface area contributed by atoms with Crippen molar-refractivity contribution in [3.8, 4) is 5.75 Å². The van der Waals surface area contributed by atoms with E-state index in [1.807, 2.05) is 0 Å². The van der Waals surface area contributed by atoms with E-state index < -0.39 is 16.0 Å². The number of hydrogen-bond acceptors (Lipinski definition) is 5. The van der Waals surface area contributed by atoms with Crippen molar-refractivity contribution in [2.24, 2.45) is 5.73 Å². The molecule has 2 rings (SSSR count). The average molecular weight is 377 g/mol. The van der Waals surface area contributed by atoms with Crippen LogP contribution in [-0.4, -0.2) is 38.5 Å². The Hall–Kier alpha value is -2.91. The Balaban J connectivity index is 1.84. The zero-order valence-corrected chi connectivity index (χ0v) is 14.6. The molecule has 8 nitrogen and oxygen atoms in total. The van der Waals surface area contributed by atoms with E-state index in [9.17, 15) is 13.2 Å². The van der Waals surface area contributed by atoms with Crippen LogP contribution in [0, 0.1) is 5.41 Å². The van der Waals surface area contributed by atoms with Crippen LogP contribution in [0.2, 0.25) is 0 Å². The number of aliphatic carboxylic acids is 1. The monoisotopic (exact) mass is 377 g/mol. The molecule has 0 radical (unpaired) electrons. The molecule has 0 aliphatic heterocycles. The molecular formula is C17H19N3O5S. The van der Waals surface area contributed by atoms with Crippen molar-refractivity contribution in [2.75, 3.05) is 13.2 Å². The molecule has 0 saturated heterocycles. The van der Waals surface area contributed by atoms with E-state index in [2.05, 4.69) is 4.72 Å². The van der Waals surface area contributed by atoms with Gasteiger partial charge in [-0.05, 0) is 42.0 Å². The van der Waals surface area contributed by atoms with Crippen LogP contribution in [0.4, 0.5) is 0 Å². The Kier molecular flexibility index (Phi) is 6.31. The minimum atomic E-state index is -3.68. The Morgan fingerprint density at radius 1 is 1.12 bits per heavy atom. The highest BCUT2D eigenvalue weighted by molar-refractivity contribution is 7.89. The summed E-state index contributed by atoms with van der Waals surface area (Å²) in [5, 5.41) is 16.0. The van der Waals surface area contributed by atoms with Gasteiger partial charge in [-0.1, -0.05) is 12.1 Å². The van der Waals surface area contributed by atoms with Crippen molar-refractivity contribution in [1.82, 2.24) is 4.72 Å². The van der Waals surface area contributed by atoms with E-state index in [0.29, 0.717) is 16.9 Å². The SMILES string of the molecule is N=C(N)c1ccc(S(=O)(=O)NCCOc2ccc(CC(=O)O)cc2)cc1. The quantitative estimate of drug-likeness (QED) is 0.291. The summed E-state index contributed by atoms with van der Waals surface area (Å²) in [6.45, 7) is 0.177. The molecule has 0 aliphatic rings. The summed E-state index contributed by atoms with van der Waals surface area (Å²) >= 11 is 0. The van der Waals surface area contributed by atoms with Crippen molar-refractivity contribution in [2.45, 2.75) is 11.3 Å². The third-order valence-electron chi connectivity index (χ3n) is 3.42. The van der Waals surface area contributed by atoms with Crippen LogP contribution in [0.3, 0.4) is 0 Å². The van der Waals surface area contributed by atoms with E-state index in [0.717, 1.165) is 0 Å². The van der Waals surface area contributed by atoms with E-state index in [-0.39, 0.29) is 30.3 Å². The van der Waals surface area contributed by atoms with Gasteiger partial charge >= 0.3 is 5.97 Å². The molecule has 0 spiro atoms. The minimum absolute atomic E-state index is 0.0632. The summed E-state index contributed by atoms with van der Waals surface area (Å²) in [6.07, 6.45) is -0.0670. The number of amidine groups is 1. The fourth-order valence-electron chi connectivity index (χ4n) is 2.12. The standard InChI is InChI=1S/C17H19N3O5S/c18-17(19)13-3-7-15(8-4-13)26(23,24)20-9-10-25-14-5-1-12(2-6-14)11-16(21)22/h1-8,20H,9-11H2,(H3,18,19)(H,21,22). The van der Waals surface area contributed by atoms with Crippen molar-refractivity contribution >= 4 is 21.8 Å². The second kappa shape index (κ2) is 8.45. The number of ether oxygens (including phenoxy) is 1. The van der Waals surface area contributed by atoms with Crippen molar-refractivity contribution in [3.63, 3.8) is 0 Å². The molecular weight excluding hydrogens is 358 g/mol. The maximum atomic E-state index is 12.2. The van der Waals surface area contributed by atoms with E-state index in [1.54, 1.807) is 24.3 Å². The minimum Gasteiger partial charge on any atom is -0.492 e. The molecule has 9 heteroatoms. The topological polar surface area (TPSA) is 143 Å².